The highest BCUT2D eigenvalue weighted by molar-refractivity contribution is 5.90. The Balaban J connectivity index is 2.36. The van der Waals surface area contributed by atoms with Crippen LogP contribution in [0.15, 0.2) is 10.9 Å². The fourth-order valence-corrected chi connectivity index (χ4v) is 2.68. The summed E-state index contributed by atoms with van der Waals surface area (Å²) >= 11 is 0. The predicted octanol–water partition coefficient (Wildman–Crippen LogP) is 1.59. The molecule has 1 aromatic heterocycles. The van der Waals surface area contributed by atoms with Crippen LogP contribution < -0.4 is 5.56 Å². The molecule has 1 saturated heterocycles. The van der Waals surface area contributed by atoms with Crippen LogP contribution in [0.5, 0.6) is 0 Å². The molecule has 0 aromatic carbocycles. The van der Waals surface area contributed by atoms with Gasteiger partial charge in [-0.25, -0.2) is 4.79 Å². The minimum atomic E-state index is -0.983. The molecule has 5 nitrogen and oxygen atoms in total. The third-order valence-corrected chi connectivity index (χ3v) is 3.68. The molecule has 0 saturated carbocycles. The third-order valence-electron chi connectivity index (χ3n) is 3.68. The highest BCUT2D eigenvalue weighted by Crippen LogP contribution is 2.18. The van der Waals surface area contributed by atoms with Crippen molar-refractivity contribution in [2.75, 3.05) is 13.2 Å². The first kappa shape index (κ1) is 13.8. The van der Waals surface area contributed by atoms with Gasteiger partial charge in [-0.05, 0) is 32.3 Å². The van der Waals surface area contributed by atoms with Gasteiger partial charge in [0.25, 0.3) is 5.56 Å². The largest absolute Gasteiger partial charge is 0.478 e. The van der Waals surface area contributed by atoms with Crippen LogP contribution >= 0.6 is 0 Å². The zero-order valence-electron chi connectivity index (χ0n) is 11.3. The van der Waals surface area contributed by atoms with Gasteiger partial charge in [-0.1, -0.05) is 0 Å². The molecular weight excluding hydrogens is 246 g/mol. The van der Waals surface area contributed by atoms with Crippen LogP contribution in [0.3, 0.4) is 0 Å². The van der Waals surface area contributed by atoms with Crippen molar-refractivity contribution < 1.29 is 14.6 Å². The van der Waals surface area contributed by atoms with Crippen LogP contribution in [-0.2, 0) is 11.3 Å². The third kappa shape index (κ3) is 2.87. The highest BCUT2D eigenvalue weighted by atomic mass is 16.5. The average Bonchev–Trinajstić information content (AvgIpc) is 2.35. The van der Waals surface area contributed by atoms with E-state index in [0.29, 0.717) is 24.4 Å². The van der Waals surface area contributed by atoms with Crippen molar-refractivity contribution in [3.05, 3.63) is 33.2 Å². The van der Waals surface area contributed by atoms with Gasteiger partial charge in [-0.15, -0.1) is 0 Å². The van der Waals surface area contributed by atoms with Gasteiger partial charge in [-0.2, -0.15) is 0 Å². The Labute approximate surface area is 111 Å². The summed E-state index contributed by atoms with van der Waals surface area (Å²) in [7, 11) is 0. The molecule has 1 aromatic rings. The van der Waals surface area contributed by atoms with E-state index in [1.165, 1.54) is 6.07 Å². The molecule has 1 unspecified atom stereocenters. The molecule has 104 valence electrons. The minimum Gasteiger partial charge on any atom is -0.478 e. The summed E-state index contributed by atoms with van der Waals surface area (Å²) in [5.74, 6) is -0.696. The zero-order chi connectivity index (χ0) is 14.0. The molecule has 5 heteroatoms. The summed E-state index contributed by atoms with van der Waals surface area (Å²) in [6.07, 6.45) is 2.01. The molecule has 1 aliphatic heterocycles. The van der Waals surface area contributed by atoms with Crippen LogP contribution in [-0.4, -0.2) is 28.9 Å². The number of carbonyl (C=O) groups is 1. The number of hydrogen-bond acceptors (Lipinski definition) is 3. The Bertz CT molecular complexity index is 541. The molecule has 1 N–H and O–H groups in total. The molecule has 0 bridgehead atoms. The van der Waals surface area contributed by atoms with Gasteiger partial charge < -0.3 is 14.4 Å². The Kier molecular flexibility index (Phi) is 4.04. The van der Waals surface area contributed by atoms with Gasteiger partial charge in [0.1, 0.15) is 0 Å². The maximum atomic E-state index is 12.0. The smallest absolute Gasteiger partial charge is 0.337 e. The summed E-state index contributed by atoms with van der Waals surface area (Å²) in [4.78, 5) is 23.3. The molecule has 1 atom stereocenters. The molecular formula is C14H19NO4. The summed E-state index contributed by atoms with van der Waals surface area (Å²) in [6, 6.07) is 1.40. The lowest BCUT2D eigenvalue weighted by atomic mass is 10.0. The number of aryl methyl sites for hydroxylation is 1. The van der Waals surface area contributed by atoms with Gasteiger partial charge >= 0.3 is 5.97 Å². The van der Waals surface area contributed by atoms with Crippen molar-refractivity contribution in [1.29, 1.82) is 0 Å². The lowest BCUT2D eigenvalue weighted by Gasteiger charge is -2.24. The number of aromatic nitrogens is 1. The number of carboxylic acid groups (broad SMARTS) is 1. The number of rotatable bonds is 3. The molecule has 2 rings (SSSR count). The Morgan fingerprint density at radius 2 is 2.26 bits per heavy atom. The van der Waals surface area contributed by atoms with E-state index in [1.54, 1.807) is 18.4 Å². The number of nitrogens with zero attached hydrogens (tertiary/aromatic N) is 1. The van der Waals surface area contributed by atoms with Crippen LogP contribution in [0.25, 0.3) is 0 Å². The topological polar surface area (TPSA) is 68.5 Å². The van der Waals surface area contributed by atoms with Crippen molar-refractivity contribution in [3.63, 3.8) is 0 Å². The second kappa shape index (κ2) is 5.57. The van der Waals surface area contributed by atoms with E-state index >= 15 is 0 Å². The monoisotopic (exact) mass is 265 g/mol. The van der Waals surface area contributed by atoms with Gasteiger partial charge in [0, 0.05) is 30.8 Å². The lowest BCUT2D eigenvalue weighted by molar-refractivity contribution is 0.0476. The average molecular weight is 265 g/mol. The van der Waals surface area contributed by atoms with E-state index in [4.69, 9.17) is 4.74 Å². The zero-order valence-corrected chi connectivity index (χ0v) is 11.3. The molecule has 0 aliphatic carbocycles. The molecule has 1 aliphatic rings. The van der Waals surface area contributed by atoms with Crippen LogP contribution in [0.4, 0.5) is 0 Å². The standard InChI is InChI=1S/C14H19NO4/c1-9-6-12(16)15(10(2)13(9)14(17)18)7-11-4-3-5-19-8-11/h6,11H,3-5,7-8H2,1-2H3,(H,17,18). The SMILES string of the molecule is Cc1cc(=O)n(CC2CCCOC2)c(C)c1C(=O)O. The predicted molar refractivity (Wildman–Crippen MR) is 70.7 cm³/mol. The van der Waals surface area contributed by atoms with Gasteiger partial charge in [-0.3, -0.25) is 4.79 Å². The van der Waals surface area contributed by atoms with Crippen LogP contribution in [0.1, 0.15) is 34.5 Å². The minimum absolute atomic E-state index is 0.134. The Hall–Kier alpha value is -1.62. The van der Waals surface area contributed by atoms with Crippen molar-refractivity contribution in [2.24, 2.45) is 5.92 Å². The number of pyridine rings is 1. The molecule has 1 fully saturated rings. The van der Waals surface area contributed by atoms with Gasteiger partial charge in [0.2, 0.25) is 0 Å². The number of aromatic carboxylic acids is 1. The normalized spacial score (nSPS) is 19.4. The molecule has 2 heterocycles. The Morgan fingerprint density at radius 3 is 2.84 bits per heavy atom. The molecule has 0 radical (unpaired) electrons. The van der Waals surface area contributed by atoms with E-state index < -0.39 is 5.97 Å². The molecule has 0 amide bonds. The van der Waals surface area contributed by atoms with Crippen molar-refractivity contribution in [3.8, 4) is 0 Å². The van der Waals surface area contributed by atoms with E-state index in [2.05, 4.69) is 0 Å². The first-order valence-corrected chi connectivity index (χ1v) is 6.52. The van der Waals surface area contributed by atoms with Crippen molar-refractivity contribution in [2.45, 2.75) is 33.2 Å². The quantitative estimate of drug-likeness (QED) is 0.901. The van der Waals surface area contributed by atoms with Crippen LogP contribution in [0, 0.1) is 19.8 Å². The van der Waals surface area contributed by atoms with Gasteiger partial charge in [0.05, 0.1) is 12.2 Å². The van der Waals surface area contributed by atoms with Crippen molar-refractivity contribution in [1.82, 2.24) is 4.57 Å². The summed E-state index contributed by atoms with van der Waals surface area (Å²) in [6.45, 7) is 5.31. The van der Waals surface area contributed by atoms with E-state index in [-0.39, 0.29) is 17.0 Å². The highest BCUT2D eigenvalue weighted by Gasteiger charge is 2.20. The second-order valence-corrected chi connectivity index (χ2v) is 5.12. The van der Waals surface area contributed by atoms with E-state index in [9.17, 15) is 14.7 Å². The van der Waals surface area contributed by atoms with Crippen molar-refractivity contribution >= 4 is 5.97 Å². The Morgan fingerprint density at radius 1 is 1.53 bits per heavy atom. The fourth-order valence-electron chi connectivity index (χ4n) is 2.68. The number of hydrogen-bond donors (Lipinski definition) is 1. The molecule has 19 heavy (non-hydrogen) atoms. The first-order chi connectivity index (χ1) is 9.00. The number of ether oxygens (including phenoxy) is 1. The maximum Gasteiger partial charge on any atom is 0.337 e. The lowest BCUT2D eigenvalue weighted by Crippen LogP contribution is -2.31. The van der Waals surface area contributed by atoms with E-state index in [0.717, 1.165) is 19.4 Å². The summed E-state index contributed by atoms with van der Waals surface area (Å²) in [5.41, 5.74) is 1.15. The first-order valence-electron chi connectivity index (χ1n) is 6.52. The van der Waals surface area contributed by atoms with E-state index in [1.807, 2.05) is 0 Å². The fraction of sp³-hybridized carbons (Fsp3) is 0.571. The summed E-state index contributed by atoms with van der Waals surface area (Å²) in [5, 5.41) is 9.23. The van der Waals surface area contributed by atoms with Crippen LogP contribution in [0.2, 0.25) is 0 Å². The summed E-state index contributed by atoms with van der Waals surface area (Å²) < 4.78 is 6.97. The second-order valence-electron chi connectivity index (χ2n) is 5.12. The molecule has 0 spiro atoms. The van der Waals surface area contributed by atoms with Gasteiger partial charge in [0.15, 0.2) is 0 Å². The number of carboxylic acids is 1. The maximum absolute atomic E-state index is 12.0.